The molecule has 0 spiro atoms. The Kier molecular flexibility index (Phi) is 8.57. The van der Waals surface area contributed by atoms with Crippen LogP contribution in [0.2, 0.25) is 0 Å². The van der Waals surface area contributed by atoms with Gasteiger partial charge < -0.3 is 24.6 Å². The van der Waals surface area contributed by atoms with Crippen LogP contribution in [-0.4, -0.2) is 62.4 Å². The van der Waals surface area contributed by atoms with Gasteiger partial charge in [0.05, 0.1) is 24.9 Å². The van der Waals surface area contributed by atoms with Crippen LogP contribution in [0.25, 0.3) is 10.9 Å². The van der Waals surface area contributed by atoms with Crippen molar-refractivity contribution in [3.8, 4) is 11.5 Å². The van der Waals surface area contributed by atoms with Crippen molar-refractivity contribution in [2.24, 2.45) is 0 Å². The summed E-state index contributed by atoms with van der Waals surface area (Å²) in [5, 5.41) is 5.07. The van der Waals surface area contributed by atoms with Crippen LogP contribution in [0.1, 0.15) is 62.6 Å². The molecule has 2 aliphatic heterocycles. The highest BCUT2D eigenvalue weighted by Gasteiger charge is 2.25. The molecule has 2 fully saturated rings. The van der Waals surface area contributed by atoms with E-state index in [2.05, 4.69) is 27.2 Å². The zero-order valence-electron chi connectivity index (χ0n) is 23.9. The minimum Gasteiger partial charge on any atom is -0.493 e. The Hall–Kier alpha value is -3.06. The number of hydrogen-bond donors (Lipinski definition) is 1. The third-order valence-electron chi connectivity index (χ3n) is 8.91. The summed E-state index contributed by atoms with van der Waals surface area (Å²) in [6.45, 7) is 5.87. The lowest BCUT2D eigenvalue weighted by Gasteiger charge is -2.35. The van der Waals surface area contributed by atoms with E-state index < -0.39 is 0 Å². The molecule has 0 atom stereocenters. The molecule has 3 aliphatic rings. The van der Waals surface area contributed by atoms with E-state index in [1.54, 1.807) is 19.2 Å². The molecule has 0 bridgehead atoms. The summed E-state index contributed by atoms with van der Waals surface area (Å²) in [7, 11) is 1.72. The molecule has 0 unspecified atom stereocenters. The van der Waals surface area contributed by atoms with E-state index in [0.717, 1.165) is 74.1 Å². The fraction of sp³-hybridized carbons (Fsp3) is 0.545. The van der Waals surface area contributed by atoms with E-state index in [1.165, 1.54) is 62.1 Å². The van der Waals surface area contributed by atoms with Crippen LogP contribution in [0.15, 0.2) is 36.4 Å². The fourth-order valence-corrected chi connectivity index (χ4v) is 6.70. The first-order valence-corrected chi connectivity index (χ1v) is 15.3. The van der Waals surface area contributed by atoms with Crippen LogP contribution in [-0.2, 0) is 12.8 Å². The summed E-state index contributed by atoms with van der Waals surface area (Å²) >= 11 is 0. The van der Waals surface area contributed by atoms with Crippen LogP contribution >= 0.6 is 0 Å². The summed E-state index contributed by atoms with van der Waals surface area (Å²) in [5.74, 6) is 1.41. The maximum absolute atomic E-state index is 14.4. The lowest BCUT2D eigenvalue weighted by molar-refractivity contribution is 0.254. The highest BCUT2D eigenvalue weighted by atomic mass is 19.1. The predicted octanol–water partition coefficient (Wildman–Crippen LogP) is 6.60. The largest absolute Gasteiger partial charge is 0.493 e. The van der Waals surface area contributed by atoms with Gasteiger partial charge in [0.15, 0.2) is 11.5 Å². The van der Waals surface area contributed by atoms with Crippen LogP contribution in [0.5, 0.6) is 11.5 Å². The van der Waals surface area contributed by atoms with Crippen molar-refractivity contribution in [2.75, 3.05) is 56.7 Å². The molecule has 1 aliphatic carbocycles. The van der Waals surface area contributed by atoms with Gasteiger partial charge in [0, 0.05) is 48.5 Å². The number of anilines is 2. The number of ether oxygens (including phenoxy) is 2. The summed E-state index contributed by atoms with van der Waals surface area (Å²) < 4.78 is 26.5. The molecule has 3 aromatic rings. The van der Waals surface area contributed by atoms with Gasteiger partial charge in [-0.1, -0.05) is 18.6 Å². The summed E-state index contributed by atoms with van der Waals surface area (Å²) in [6.07, 6.45) is 11.2. The number of benzene rings is 2. The number of methoxy groups -OCH3 is 1. The molecule has 6 rings (SSSR count). The molecule has 7 heteroatoms. The monoisotopic (exact) mass is 546 g/mol. The van der Waals surface area contributed by atoms with Crippen LogP contribution in [0, 0.1) is 5.82 Å². The fourth-order valence-electron chi connectivity index (χ4n) is 6.70. The first kappa shape index (κ1) is 27.1. The first-order valence-electron chi connectivity index (χ1n) is 15.3. The predicted molar refractivity (Wildman–Crippen MR) is 161 cm³/mol. The van der Waals surface area contributed by atoms with Gasteiger partial charge in [0.25, 0.3) is 0 Å². The topological polar surface area (TPSA) is 49.9 Å². The maximum Gasteiger partial charge on any atom is 0.163 e. The minimum atomic E-state index is -0.138. The van der Waals surface area contributed by atoms with Gasteiger partial charge in [-0.25, -0.2) is 4.39 Å². The number of nitrogens with zero attached hydrogens (tertiary/aromatic N) is 3. The van der Waals surface area contributed by atoms with Crippen molar-refractivity contribution in [1.29, 1.82) is 0 Å². The van der Waals surface area contributed by atoms with E-state index in [4.69, 9.17) is 14.5 Å². The Bertz CT molecular complexity index is 1300. The molecule has 1 aromatic heterocycles. The average Bonchev–Trinajstić information content (AvgIpc) is 3.39. The minimum absolute atomic E-state index is 0.138. The molecule has 40 heavy (non-hydrogen) atoms. The van der Waals surface area contributed by atoms with Gasteiger partial charge in [0.1, 0.15) is 5.82 Å². The van der Waals surface area contributed by atoms with Gasteiger partial charge >= 0.3 is 0 Å². The quantitative estimate of drug-likeness (QED) is 0.241. The van der Waals surface area contributed by atoms with Crippen molar-refractivity contribution in [1.82, 2.24) is 9.88 Å². The molecule has 0 amide bonds. The second-order valence-electron chi connectivity index (χ2n) is 11.6. The summed E-state index contributed by atoms with van der Waals surface area (Å²) in [5.41, 5.74) is 5.48. The number of likely N-dealkylation sites (tertiary alicyclic amines) is 1. The number of pyridine rings is 1. The SMILES string of the molecule is COc1cc2c(NC3CCN(c4ccccc4F)CC3)c3c(nc2cc1OCCCN1CCCC1)CCCCC3. The Labute approximate surface area is 237 Å². The lowest BCUT2D eigenvalue weighted by atomic mass is 9.98. The van der Waals surface area contributed by atoms with Crippen LogP contribution in [0.3, 0.4) is 0 Å². The van der Waals surface area contributed by atoms with E-state index in [1.807, 2.05) is 12.1 Å². The van der Waals surface area contributed by atoms with Crippen molar-refractivity contribution in [3.05, 3.63) is 53.5 Å². The number of halogens is 1. The van der Waals surface area contributed by atoms with Crippen molar-refractivity contribution in [2.45, 2.75) is 70.3 Å². The molecular weight excluding hydrogens is 503 g/mol. The van der Waals surface area contributed by atoms with E-state index in [-0.39, 0.29) is 5.82 Å². The van der Waals surface area contributed by atoms with Gasteiger partial charge in [-0.15, -0.1) is 0 Å². The van der Waals surface area contributed by atoms with E-state index in [9.17, 15) is 4.39 Å². The smallest absolute Gasteiger partial charge is 0.163 e. The van der Waals surface area contributed by atoms with E-state index in [0.29, 0.717) is 18.3 Å². The van der Waals surface area contributed by atoms with Gasteiger partial charge in [-0.3, -0.25) is 4.98 Å². The first-order chi connectivity index (χ1) is 19.7. The normalized spacial score (nSPS) is 18.5. The third kappa shape index (κ3) is 5.99. The van der Waals surface area contributed by atoms with Crippen LogP contribution in [0.4, 0.5) is 15.8 Å². The van der Waals surface area contributed by atoms with E-state index >= 15 is 0 Å². The van der Waals surface area contributed by atoms with Crippen molar-refractivity contribution < 1.29 is 13.9 Å². The number of aryl methyl sites for hydroxylation is 1. The molecule has 3 heterocycles. The number of aromatic nitrogens is 1. The molecule has 1 N–H and O–H groups in total. The molecule has 2 aromatic carbocycles. The Morgan fingerprint density at radius 1 is 0.950 bits per heavy atom. The molecule has 6 nitrogen and oxygen atoms in total. The molecular formula is C33H43FN4O2. The van der Waals surface area contributed by atoms with Gasteiger partial charge in [0.2, 0.25) is 0 Å². The number of rotatable bonds is 9. The standard InChI is InChI=1S/C33H43FN4O2/c1-39-31-22-26-29(23-32(31)40-21-9-18-37-16-7-8-17-37)36-28-12-4-2-3-10-25(28)33(26)35-24-14-19-38(20-15-24)30-13-6-5-11-27(30)34/h5-6,11,13,22-24H,2-4,7-10,12,14-21H2,1H3,(H,35,36). The van der Waals surface area contributed by atoms with Crippen molar-refractivity contribution >= 4 is 22.3 Å². The number of para-hydroxylation sites is 1. The highest BCUT2D eigenvalue weighted by Crippen LogP contribution is 2.40. The third-order valence-corrected chi connectivity index (χ3v) is 8.91. The lowest BCUT2D eigenvalue weighted by Crippen LogP contribution is -2.39. The molecule has 0 radical (unpaired) electrons. The Morgan fingerprint density at radius 3 is 2.55 bits per heavy atom. The average molecular weight is 547 g/mol. The highest BCUT2D eigenvalue weighted by molar-refractivity contribution is 5.96. The summed E-state index contributed by atoms with van der Waals surface area (Å²) in [6, 6.07) is 11.6. The summed E-state index contributed by atoms with van der Waals surface area (Å²) in [4.78, 5) is 9.88. The number of hydrogen-bond acceptors (Lipinski definition) is 6. The maximum atomic E-state index is 14.4. The molecule has 214 valence electrons. The van der Waals surface area contributed by atoms with Crippen LogP contribution < -0.4 is 19.7 Å². The molecule has 0 saturated carbocycles. The Morgan fingerprint density at radius 2 is 1.75 bits per heavy atom. The van der Waals surface area contributed by atoms with Gasteiger partial charge in [-0.2, -0.15) is 0 Å². The number of piperidine rings is 1. The number of nitrogens with one attached hydrogen (secondary N) is 1. The zero-order chi connectivity index (χ0) is 27.3. The van der Waals surface area contributed by atoms with Gasteiger partial charge in [-0.05, 0) is 94.6 Å². The number of fused-ring (bicyclic) bond motifs is 2. The second kappa shape index (κ2) is 12.6. The molecule has 2 saturated heterocycles. The second-order valence-corrected chi connectivity index (χ2v) is 11.6. The zero-order valence-corrected chi connectivity index (χ0v) is 23.9. The Balaban J connectivity index is 1.23. The van der Waals surface area contributed by atoms with Crippen molar-refractivity contribution in [3.63, 3.8) is 0 Å².